The van der Waals surface area contributed by atoms with Gasteiger partial charge in [0.1, 0.15) is 11.3 Å². The molecule has 0 saturated carbocycles. The van der Waals surface area contributed by atoms with Crippen LogP contribution in [-0.2, 0) is 0 Å². The summed E-state index contributed by atoms with van der Waals surface area (Å²) in [6.07, 6.45) is 0.751. The number of aryl methyl sites for hydroxylation is 2. The maximum absolute atomic E-state index is 13.4. The Morgan fingerprint density at radius 3 is 2.63 bits per heavy atom. The van der Waals surface area contributed by atoms with Crippen molar-refractivity contribution in [3.63, 3.8) is 0 Å². The zero-order valence-electron chi connectivity index (χ0n) is 15.6. The van der Waals surface area contributed by atoms with E-state index in [2.05, 4.69) is 0 Å². The molecule has 3 aromatic rings. The van der Waals surface area contributed by atoms with E-state index in [1.54, 1.807) is 29.2 Å². The molecule has 1 N–H and O–H groups in total. The first-order valence-electron chi connectivity index (χ1n) is 9.10. The first-order valence-corrected chi connectivity index (χ1v) is 9.10. The smallest absolute Gasteiger partial charge is 0.290 e. The second-order valence-corrected chi connectivity index (χ2v) is 7.13. The van der Waals surface area contributed by atoms with E-state index in [4.69, 9.17) is 4.42 Å². The summed E-state index contributed by atoms with van der Waals surface area (Å²) in [4.78, 5) is 28.1. The largest absolute Gasteiger partial charge is 0.508 e. The third-order valence-corrected chi connectivity index (χ3v) is 5.06. The molecule has 1 aromatic heterocycles. The highest BCUT2D eigenvalue weighted by molar-refractivity contribution is 5.99. The van der Waals surface area contributed by atoms with Crippen LogP contribution in [0.2, 0.25) is 0 Å². The number of phenols is 1. The Labute approximate surface area is 156 Å². The molecule has 0 fully saturated rings. The lowest BCUT2D eigenvalue weighted by Crippen LogP contribution is -2.30. The fraction of sp³-hybridized carbons (Fsp3) is 0.273. The molecule has 1 aliphatic rings. The molecule has 1 aliphatic heterocycles. The quantitative estimate of drug-likeness (QED) is 0.761. The Hall–Kier alpha value is -3.08. The summed E-state index contributed by atoms with van der Waals surface area (Å²) in [6, 6.07) is 9.89. The van der Waals surface area contributed by atoms with Crippen molar-refractivity contribution in [1.82, 2.24) is 4.90 Å². The monoisotopic (exact) mass is 363 g/mol. The number of amides is 1. The minimum atomic E-state index is -0.555. The number of nitrogens with zero attached hydrogens (tertiary/aromatic N) is 1. The first-order chi connectivity index (χ1) is 12.9. The van der Waals surface area contributed by atoms with Gasteiger partial charge in [-0.3, -0.25) is 9.59 Å². The van der Waals surface area contributed by atoms with Gasteiger partial charge in [-0.15, -0.1) is 0 Å². The van der Waals surface area contributed by atoms with Crippen molar-refractivity contribution < 1.29 is 14.3 Å². The zero-order chi connectivity index (χ0) is 19.3. The topological polar surface area (TPSA) is 70.8 Å². The van der Waals surface area contributed by atoms with Crippen LogP contribution in [0.4, 0.5) is 0 Å². The molecule has 27 heavy (non-hydrogen) atoms. The van der Waals surface area contributed by atoms with E-state index in [1.165, 1.54) is 0 Å². The van der Waals surface area contributed by atoms with E-state index in [9.17, 15) is 14.7 Å². The number of benzene rings is 2. The molecule has 1 amide bonds. The maximum atomic E-state index is 13.4. The van der Waals surface area contributed by atoms with Gasteiger partial charge >= 0.3 is 0 Å². The summed E-state index contributed by atoms with van der Waals surface area (Å²) in [5.41, 5.74) is 3.13. The molecule has 0 spiro atoms. The van der Waals surface area contributed by atoms with Gasteiger partial charge in [-0.05, 0) is 55.2 Å². The van der Waals surface area contributed by atoms with E-state index >= 15 is 0 Å². The molecule has 5 heteroatoms. The fourth-order valence-corrected chi connectivity index (χ4v) is 4.03. The van der Waals surface area contributed by atoms with Crippen molar-refractivity contribution in [1.29, 1.82) is 0 Å². The van der Waals surface area contributed by atoms with Crippen LogP contribution in [0.15, 0.2) is 45.6 Å². The number of carbonyl (C=O) groups excluding carboxylic acids is 1. The van der Waals surface area contributed by atoms with E-state index in [1.807, 2.05) is 32.9 Å². The van der Waals surface area contributed by atoms with Crippen molar-refractivity contribution in [3.8, 4) is 5.75 Å². The molecule has 4 rings (SSSR count). The van der Waals surface area contributed by atoms with Crippen molar-refractivity contribution in [2.75, 3.05) is 6.54 Å². The summed E-state index contributed by atoms with van der Waals surface area (Å²) < 4.78 is 5.96. The molecular formula is C22H21NO4. The van der Waals surface area contributed by atoms with Crippen LogP contribution >= 0.6 is 0 Å². The Kier molecular flexibility index (Phi) is 4.02. The number of phenolic OH excluding ortho intramolecular Hbond substituents is 1. The lowest BCUT2D eigenvalue weighted by atomic mass is 9.96. The summed E-state index contributed by atoms with van der Waals surface area (Å²) in [6.45, 7) is 6.29. The number of hydrogen-bond donors (Lipinski definition) is 1. The predicted octanol–water partition coefficient (Wildman–Crippen LogP) is 4.07. The fourth-order valence-electron chi connectivity index (χ4n) is 4.03. The van der Waals surface area contributed by atoms with Crippen LogP contribution in [0, 0.1) is 13.8 Å². The van der Waals surface area contributed by atoms with Crippen LogP contribution in [-0.4, -0.2) is 22.5 Å². The Morgan fingerprint density at radius 2 is 1.93 bits per heavy atom. The van der Waals surface area contributed by atoms with Crippen LogP contribution in [0.1, 0.15) is 52.2 Å². The first kappa shape index (κ1) is 17.3. The average molecular weight is 363 g/mol. The third kappa shape index (κ3) is 2.62. The normalized spacial score (nSPS) is 16.2. The van der Waals surface area contributed by atoms with Gasteiger partial charge in [-0.25, -0.2) is 0 Å². The summed E-state index contributed by atoms with van der Waals surface area (Å²) >= 11 is 0. The minimum Gasteiger partial charge on any atom is -0.508 e. The number of aromatic hydroxyl groups is 1. The third-order valence-electron chi connectivity index (χ3n) is 5.06. The second kappa shape index (κ2) is 6.27. The molecule has 1 unspecified atom stereocenters. The van der Waals surface area contributed by atoms with Crippen LogP contribution in [0.25, 0.3) is 11.0 Å². The molecular weight excluding hydrogens is 342 g/mol. The Bertz CT molecular complexity index is 1130. The molecule has 0 radical (unpaired) electrons. The van der Waals surface area contributed by atoms with Gasteiger partial charge in [-0.1, -0.05) is 25.1 Å². The molecule has 2 heterocycles. The Morgan fingerprint density at radius 1 is 1.15 bits per heavy atom. The second-order valence-electron chi connectivity index (χ2n) is 7.13. The van der Waals surface area contributed by atoms with Crippen LogP contribution in [0.3, 0.4) is 0 Å². The van der Waals surface area contributed by atoms with Crippen molar-refractivity contribution in [3.05, 3.63) is 74.6 Å². The van der Waals surface area contributed by atoms with Crippen molar-refractivity contribution in [2.45, 2.75) is 33.2 Å². The van der Waals surface area contributed by atoms with E-state index < -0.39 is 6.04 Å². The van der Waals surface area contributed by atoms with E-state index in [-0.39, 0.29) is 22.8 Å². The van der Waals surface area contributed by atoms with Crippen LogP contribution in [0.5, 0.6) is 5.75 Å². The summed E-state index contributed by atoms with van der Waals surface area (Å²) in [5, 5.41) is 10.4. The lowest BCUT2D eigenvalue weighted by Gasteiger charge is -2.24. The molecule has 0 aliphatic carbocycles. The average Bonchev–Trinajstić information content (AvgIpc) is 2.88. The van der Waals surface area contributed by atoms with Gasteiger partial charge in [-0.2, -0.15) is 0 Å². The van der Waals surface area contributed by atoms with Gasteiger partial charge in [0.05, 0.1) is 17.0 Å². The Balaban J connectivity index is 2.06. The van der Waals surface area contributed by atoms with Crippen LogP contribution < -0.4 is 5.43 Å². The number of hydrogen-bond acceptors (Lipinski definition) is 4. The predicted molar refractivity (Wildman–Crippen MR) is 103 cm³/mol. The van der Waals surface area contributed by atoms with Gasteiger partial charge < -0.3 is 14.4 Å². The van der Waals surface area contributed by atoms with Crippen molar-refractivity contribution in [2.24, 2.45) is 0 Å². The summed E-state index contributed by atoms with van der Waals surface area (Å²) in [5.74, 6) is -0.0699. The molecule has 138 valence electrons. The summed E-state index contributed by atoms with van der Waals surface area (Å²) in [7, 11) is 0. The molecule has 0 bridgehead atoms. The molecule has 0 saturated heterocycles. The number of fused-ring (bicyclic) bond motifs is 2. The lowest BCUT2D eigenvalue weighted by molar-refractivity contribution is 0.0728. The van der Waals surface area contributed by atoms with E-state index in [0.717, 1.165) is 17.5 Å². The molecule has 2 aromatic carbocycles. The standard InChI is InChI=1S/C22H21NO4/c1-4-8-23-19(14-6-5-7-15(24)11-14)18-20(25)17-13(3)9-12(2)10-16(17)27-21(18)22(23)26/h5-7,9-11,19,24H,4,8H2,1-3H3. The highest BCUT2D eigenvalue weighted by Crippen LogP contribution is 2.39. The van der Waals surface area contributed by atoms with Gasteiger partial charge in [0.15, 0.2) is 5.43 Å². The van der Waals surface area contributed by atoms with Gasteiger partial charge in [0.2, 0.25) is 5.76 Å². The van der Waals surface area contributed by atoms with Crippen molar-refractivity contribution >= 4 is 16.9 Å². The molecule has 5 nitrogen and oxygen atoms in total. The maximum Gasteiger partial charge on any atom is 0.290 e. The zero-order valence-corrected chi connectivity index (χ0v) is 15.6. The minimum absolute atomic E-state index is 0.0989. The number of carbonyl (C=O) groups is 1. The van der Waals surface area contributed by atoms with E-state index in [0.29, 0.717) is 28.6 Å². The molecule has 1 atom stereocenters. The van der Waals surface area contributed by atoms with Gasteiger partial charge in [0, 0.05) is 6.54 Å². The number of rotatable bonds is 3. The SMILES string of the molecule is CCCN1C(=O)c2oc3cc(C)cc(C)c3c(=O)c2C1c1cccc(O)c1. The van der Waals surface area contributed by atoms with Gasteiger partial charge in [0.25, 0.3) is 5.91 Å². The highest BCUT2D eigenvalue weighted by Gasteiger charge is 2.42. The highest BCUT2D eigenvalue weighted by atomic mass is 16.3.